The molecule has 1 atom stereocenters. The van der Waals surface area contributed by atoms with Gasteiger partial charge >= 0.3 is 5.97 Å². The van der Waals surface area contributed by atoms with E-state index in [1.54, 1.807) is 0 Å². The molecule has 0 radical (unpaired) electrons. The first kappa shape index (κ1) is 16.2. The molecule has 0 aliphatic rings. The predicted molar refractivity (Wildman–Crippen MR) is 72.9 cm³/mol. The monoisotopic (exact) mass is 240 g/mol. The van der Waals surface area contributed by atoms with Gasteiger partial charge in [0.1, 0.15) is 5.60 Å². The van der Waals surface area contributed by atoms with Crippen LogP contribution in [0.15, 0.2) is 12.2 Å². The van der Waals surface area contributed by atoms with Crippen LogP contribution in [0.25, 0.3) is 0 Å². The third-order valence-corrected chi connectivity index (χ3v) is 2.44. The second kappa shape index (κ2) is 8.32. The summed E-state index contributed by atoms with van der Waals surface area (Å²) in [5, 5.41) is 0. The van der Waals surface area contributed by atoms with Crippen molar-refractivity contribution in [1.82, 2.24) is 0 Å². The Kier molecular flexibility index (Phi) is 7.94. The third kappa shape index (κ3) is 10.1. The van der Waals surface area contributed by atoms with Gasteiger partial charge in [0.15, 0.2) is 0 Å². The average Bonchev–Trinajstić information content (AvgIpc) is 2.20. The second-order valence-electron chi connectivity index (χ2n) is 5.63. The molecule has 1 unspecified atom stereocenters. The molecule has 100 valence electrons. The number of hydrogen-bond donors (Lipinski definition) is 0. The lowest BCUT2D eigenvalue weighted by Crippen LogP contribution is -2.27. The molecule has 2 heteroatoms. The molecule has 0 heterocycles. The van der Waals surface area contributed by atoms with Gasteiger partial charge in [-0.1, -0.05) is 32.4 Å². The lowest BCUT2D eigenvalue weighted by Gasteiger charge is -2.22. The van der Waals surface area contributed by atoms with E-state index in [2.05, 4.69) is 19.1 Å². The number of carbonyl (C=O) groups excluding carboxylic acids is 1. The second-order valence-corrected chi connectivity index (χ2v) is 5.63. The molecule has 0 aromatic heterocycles. The van der Waals surface area contributed by atoms with Gasteiger partial charge in [0.05, 0.1) is 5.92 Å². The molecule has 0 fully saturated rings. The van der Waals surface area contributed by atoms with Crippen LogP contribution in [0.1, 0.15) is 66.7 Å². The Morgan fingerprint density at radius 2 is 1.82 bits per heavy atom. The zero-order valence-electron chi connectivity index (χ0n) is 12.1. The smallest absolute Gasteiger partial charge is 0.309 e. The minimum atomic E-state index is -0.369. The van der Waals surface area contributed by atoms with Crippen molar-refractivity contribution < 1.29 is 9.53 Å². The van der Waals surface area contributed by atoms with Crippen molar-refractivity contribution in [3.63, 3.8) is 0 Å². The minimum Gasteiger partial charge on any atom is -0.460 e. The van der Waals surface area contributed by atoms with Crippen LogP contribution in [-0.4, -0.2) is 11.6 Å². The van der Waals surface area contributed by atoms with Gasteiger partial charge in [-0.2, -0.15) is 0 Å². The van der Waals surface area contributed by atoms with Crippen LogP contribution in [0.4, 0.5) is 0 Å². The van der Waals surface area contributed by atoms with E-state index < -0.39 is 0 Å². The number of ether oxygens (including phenoxy) is 1. The topological polar surface area (TPSA) is 26.3 Å². The molecule has 0 rings (SSSR count). The largest absolute Gasteiger partial charge is 0.460 e. The van der Waals surface area contributed by atoms with Gasteiger partial charge in [0.25, 0.3) is 0 Å². The van der Waals surface area contributed by atoms with E-state index in [0.29, 0.717) is 0 Å². The van der Waals surface area contributed by atoms with Crippen LogP contribution in [0, 0.1) is 5.92 Å². The number of unbranched alkanes of at least 4 members (excludes halogenated alkanes) is 2. The fourth-order valence-electron chi connectivity index (χ4n) is 1.46. The number of rotatable bonds is 7. The molecule has 0 aliphatic heterocycles. The molecule has 0 bridgehead atoms. The highest BCUT2D eigenvalue weighted by Gasteiger charge is 2.20. The van der Waals surface area contributed by atoms with Crippen molar-refractivity contribution in [2.45, 2.75) is 72.3 Å². The fraction of sp³-hybridized carbons (Fsp3) is 0.800. The number of esters is 1. The number of carbonyl (C=O) groups is 1. The molecule has 0 saturated carbocycles. The van der Waals surface area contributed by atoms with Gasteiger partial charge in [-0.3, -0.25) is 4.79 Å². The van der Waals surface area contributed by atoms with Crippen molar-refractivity contribution in [2.75, 3.05) is 0 Å². The van der Waals surface area contributed by atoms with E-state index in [1.165, 1.54) is 6.42 Å². The van der Waals surface area contributed by atoms with Crippen molar-refractivity contribution in [2.24, 2.45) is 5.92 Å². The van der Waals surface area contributed by atoms with Gasteiger partial charge in [-0.05, 0) is 46.5 Å². The highest BCUT2D eigenvalue weighted by Crippen LogP contribution is 2.15. The van der Waals surface area contributed by atoms with E-state index >= 15 is 0 Å². The zero-order valence-corrected chi connectivity index (χ0v) is 12.1. The van der Waals surface area contributed by atoms with Crippen molar-refractivity contribution in [3.05, 3.63) is 12.2 Å². The van der Waals surface area contributed by atoms with Gasteiger partial charge in [0.2, 0.25) is 0 Å². The minimum absolute atomic E-state index is 0.00815. The van der Waals surface area contributed by atoms with Gasteiger partial charge < -0.3 is 4.74 Å². The molecule has 0 aliphatic carbocycles. The molecule has 2 nitrogen and oxygen atoms in total. The summed E-state index contributed by atoms with van der Waals surface area (Å²) < 4.78 is 5.34. The zero-order chi connectivity index (χ0) is 13.3. The van der Waals surface area contributed by atoms with Crippen LogP contribution in [0.5, 0.6) is 0 Å². The molecule has 0 N–H and O–H groups in total. The summed E-state index contributed by atoms with van der Waals surface area (Å²) >= 11 is 0. The maximum atomic E-state index is 11.7. The molecular weight excluding hydrogens is 212 g/mol. The Balaban J connectivity index is 3.71. The standard InChI is InChI=1S/C15H28O2/c1-6-7-8-9-10-11-12-13(2)14(16)17-15(3,4)5/h8-9,13H,6-7,10-12H2,1-5H3. The first-order chi connectivity index (χ1) is 7.87. The van der Waals surface area contributed by atoms with E-state index in [1.807, 2.05) is 27.7 Å². The van der Waals surface area contributed by atoms with E-state index in [9.17, 15) is 4.79 Å². The first-order valence-electron chi connectivity index (χ1n) is 6.74. The van der Waals surface area contributed by atoms with Gasteiger partial charge in [-0.15, -0.1) is 0 Å². The van der Waals surface area contributed by atoms with Crippen molar-refractivity contribution in [3.8, 4) is 0 Å². The highest BCUT2D eigenvalue weighted by atomic mass is 16.6. The Morgan fingerprint density at radius 3 is 2.35 bits per heavy atom. The first-order valence-corrected chi connectivity index (χ1v) is 6.74. The molecule has 0 aromatic rings. The summed E-state index contributed by atoms with van der Waals surface area (Å²) in [6.07, 6.45) is 9.81. The number of hydrogen-bond acceptors (Lipinski definition) is 2. The summed E-state index contributed by atoms with van der Waals surface area (Å²) in [5.41, 5.74) is -0.369. The van der Waals surface area contributed by atoms with Crippen LogP contribution in [0.2, 0.25) is 0 Å². The van der Waals surface area contributed by atoms with E-state index in [4.69, 9.17) is 4.74 Å². The molecule has 17 heavy (non-hydrogen) atoms. The van der Waals surface area contributed by atoms with Crippen molar-refractivity contribution in [1.29, 1.82) is 0 Å². The summed E-state index contributed by atoms with van der Waals surface area (Å²) in [7, 11) is 0. The van der Waals surface area contributed by atoms with Crippen LogP contribution in [-0.2, 0) is 9.53 Å². The Morgan fingerprint density at radius 1 is 1.24 bits per heavy atom. The summed E-state index contributed by atoms with van der Waals surface area (Å²) in [6, 6.07) is 0. The van der Waals surface area contributed by atoms with Crippen molar-refractivity contribution >= 4 is 5.97 Å². The Bertz CT molecular complexity index is 236. The highest BCUT2D eigenvalue weighted by molar-refractivity contribution is 5.72. The lowest BCUT2D eigenvalue weighted by molar-refractivity contribution is -0.159. The summed E-state index contributed by atoms with van der Waals surface area (Å²) in [6.45, 7) is 9.85. The van der Waals surface area contributed by atoms with Gasteiger partial charge in [-0.25, -0.2) is 0 Å². The number of allylic oxidation sites excluding steroid dienone is 2. The molecular formula is C15H28O2. The van der Waals surface area contributed by atoms with Crippen LogP contribution >= 0.6 is 0 Å². The molecule has 0 saturated heterocycles. The molecule has 0 amide bonds. The predicted octanol–water partition coefficient (Wildman–Crippen LogP) is 4.49. The van der Waals surface area contributed by atoms with Crippen LogP contribution in [0.3, 0.4) is 0 Å². The maximum absolute atomic E-state index is 11.7. The Hall–Kier alpha value is -0.790. The maximum Gasteiger partial charge on any atom is 0.309 e. The summed E-state index contributed by atoms with van der Waals surface area (Å²) in [5.74, 6) is -0.0659. The Labute approximate surface area is 106 Å². The van der Waals surface area contributed by atoms with Gasteiger partial charge in [0, 0.05) is 0 Å². The fourth-order valence-corrected chi connectivity index (χ4v) is 1.46. The quantitative estimate of drug-likeness (QED) is 0.372. The summed E-state index contributed by atoms with van der Waals surface area (Å²) in [4.78, 5) is 11.7. The third-order valence-electron chi connectivity index (χ3n) is 2.44. The van der Waals surface area contributed by atoms with E-state index in [0.717, 1.165) is 25.7 Å². The van der Waals surface area contributed by atoms with Crippen LogP contribution < -0.4 is 0 Å². The SMILES string of the molecule is CCCC=CCCCC(C)C(=O)OC(C)(C)C. The molecule has 0 aromatic carbocycles. The van der Waals surface area contributed by atoms with E-state index in [-0.39, 0.29) is 17.5 Å². The normalized spacial score (nSPS) is 13.9. The lowest BCUT2D eigenvalue weighted by atomic mass is 10.0. The molecule has 0 spiro atoms. The average molecular weight is 240 g/mol.